The molecule has 0 unspecified atom stereocenters. The second-order valence-electron chi connectivity index (χ2n) is 6.21. The zero-order valence-corrected chi connectivity index (χ0v) is 15.9. The first kappa shape index (κ1) is 22.9. The van der Waals surface area contributed by atoms with Crippen molar-refractivity contribution in [2.24, 2.45) is 5.92 Å². The molecule has 0 bridgehead atoms. The van der Waals surface area contributed by atoms with E-state index in [2.05, 4.69) is 15.4 Å². The van der Waals surface area contributed by atoms with E-state index in [1.807, 2.05) is 24.3 Å². The van der Waals surface area contributed by atoms with Crippen LogP contribution in [0.3, 0.4) is 0 Å². The number of nitrogens with one attached hydrogen (secondary N) is 2. The van der Waals surface area contributed by atoms with Crippen molar-refractivity contribution in [3.8, 4) is 6.07 Å². The minimum absolute atomic E-state index is 0.0845. The molecule has 0 saturated carbocycles. The van der Waals surface area contributed by atoms with Crippen LogP contribution in [0.1, 0.15) is 25.3 Å². The molecule has 0 aromatic heterocycles. The first-order valence-corrected chi connectivity index (χ1v) is 8.75. The summed E-state index contributed by atoms with van der Waals surface area (Å²) in [7, 11) is 1.18. The summed E-state index contributed by atoms with van der Waals surface area (Å²) < 4.78 is 9.60. The predicted molar refractivity (Wildman–Crippen MR) is 98.6 cm³/mol. The largest absolute Gasteiger partial charge is 0.467 e. The standard InChI is InChI=1S/C19H25N3O6/c1-13(10-20)8-16(18(25)27-2)22-17(24)9-15(23)11-21-19(26)28-12-14-6-4-3-5-7-14/h3-7,13,15-16,23H,8-9,11-12H2,1-2H3,(H,21,26)(H,22,24)/t13-,15+,16+/m0/s1. The molecule has 0 aliphatic carbocycles. The molecule has 9 nitrogen and oxygen atoms in total. The van der Waals surface area contributed by atoms with E-state index >= 15 is 0 Å². The summed E-state index contributed by atoms with van der Waals surface area (Å²) in [6, 6.07) is 10.1. The number of nitriles is 1. The number of nitrogens with zero attached hydrogens (tertiary/aromatic N) is 1. The van der Waals surface area contributed by atoms with Crippen molar-refractivity contribution in [3.05, 3.63) is 35.9 Å². The summed E-state index contributed by atoms with van der Waals surface area (Å²) in [5.41, 5.74) is 0.818. The van der Waals surface area contributed by atoms with Crippen molar-refractivity contribution in [2.75, 3.05) is 13.7 Å². The molecule has 2 amide bonds. The van der Waals surface area contributed by atoms with E-state index in [0.29, 0.717) is 0 Å². The lowest BCUT2D eigenvalue weighted by Crippen LogP contribution is -2.44. The highest BCUT2D eigenvalue weighted by atomic mass is 16.5. The third kappa shape index (κ3) is 9.00. The lowest BCUT2D eigenvalue weighted by molar-refractivity contribution is -0.145. The highest BCUT2D eigenvalue weighted by molar-refractivity contribution is 5.84. The quantitative estimate of drug-likeness (QED) is 0.503. The third-order valence-electron chi connectivity index (χ3n) is 3.75. The normalized spacial score (nSPS) is 13.4. The van der Waals surface area contributed by atoms with Crippen molar-refractivity contribution < 1.29 is 29.0 Å². The van der Waals surface area contributed by atoms with Crippen LogP contribution in [0.15, 0.2) is 30.3 Å². The van der Waals surface area contributed by atoms with Gasteiger partial charge < -0.3 is 25.2 Å². The Labute approximate surface area is 163 Å². The number of hydrogen-bond donors (Lipinski definition) is 3. The molecular formula is C19H25N3O6. The number of benzene rings is 1. The average Bonchev–Trinajstić information content (AvgIpc) is 2.70. The number of amides is 2. The predicted octanol–water partition coefficient (Wildman–Crippen LogP) is 0.871. The zero-order chi connectivity index (χ0) is 20.9. The fourth-order valence-corrected chi connectivity index (χ4v) is 2.28. The summed E-state index contributed by atoms with van der Waals surface area (Å²) in [6.07, 6.45) is -2.14. The maximum Gasteiger partial charge on any atom is 0.407 e. The molecule has 0 heterocycles. The van der Waals surface area contributed by atoms with Crippen LogP contribution in [-0.2, 0) is 25.7 Å². The van der Waals surface area contributed by atoms with E-state index < -0.39 is 36.0 Å². The highest BCUT2D eigenvalue weighted by Gasteiger charge is 2.24. The first-order valence-electron chi connectivity index (χ1n) is 8.75. The van der Waals surface area contributed by atoms with Crippen LogP contribution >= 0.6 is 0 Å². The second-order valence-corrected chi connectivity index (χ2v) is 6.21. The average molecular weight is 391 g/mol. The summed E-state index contributed by atoms with van der Waals surface area (Å²) in [5, 5.41) is 23.5. The molecule has 1 aromatic carbocycles. The number of ether oxygens (including phenoxy) is 2. The summed E-state index contributed by atoms with van der Waals surface area (Å²) >= 11 is 0. The molecule has 3 atom stereocenters. The maximum absolute atomic E-state index is 12.0. The zero-order valence-electron chi connectivity index (χ0n) is 15.9. The van der Waals surface area contributed by atoms with Crippen LogP contribution in [-0.4, -0.2) is 48.9 Å². The fourth-order valence-electron chi connectivity index (χ4n) is 2.28. The number of aliphatic hydroxyl groups is 1. The minimum atomic E-state index is -1.17. The van der Waals surface area contributed by atoms with Crippen LogP contribution in [0.25, 0.3) is 0 Å². The molecule has 0 spiro atoms. The summed E-state index contributed by atoms with van der Waals surface area (Å²) in [6.45, 7) is 1.50. The Balaban J connectivity index is 2.36. The minimum Gasteiger partial charge on any atom is -0.467 e. The number of aliphatic hydroxyl groups excluding tert-OH is 1. The van der Waals surface area contributed by atoms with E-state index in [1.54, 1.807) is 19.1 Å². The Bertz CT molecular complexity index is 689. The molecule has 152 valence electrons. The van der Waals surface area contributed by atoms with E-state index in [-0.39, 0.29) is 26.0 Å². The number of rotatable bonds is 10. The van der Waals surface area contributed by atoms with Gasteiger partial charge in [-0.3, -0.25) is 4.79 Å². The van der Waals surface area contributed by atoms with Crippen molar-refractivity contribution in [3.63, 3.8) is 0 Å². The SMILES string of the molecule is COC(=O)[C@@H](C[C@H](C)C#N)NC(=O)C[C@@H](O)CNC(=O)OCc1ccccc1. The van der Waals surface area contributed by atoms with Crippen LogP contribution < -0.4 is 10.6 Å². The lowest BCUT2D eigenvalue weighted by atomic mass is 10.0. The smallest absolute Gasteiger partial charge is 0.407 e. The molecule has 28 heavy (non-hydrogen) atoms. The fraction of sp³-hybridized carbons (Fsp3) is 0.474. The number of esters is 1. The topological polar surface area (TPSA) is 138 Å². The van der Waals surface area contributed by atoms with Gasteiger partial charge in [-0.15, -0.1) is 0 Å². The van der Waals surface area contributed by atoms with E-state index in [1.165, 1.54) is 7.11 Å². The number of hydrogen-bond acceptors (Lipinski definition) is 7. The van der Waals surface area contributed by atoms with Gasteiger partial charge in [0.2, 0.25) is 5.91 Å². The summed E-state index contributed by atoms with van der Waals surface area (Å²) in [5.74, 6) is -1.74. The number of carbonyl (C=O) groups is 3. The van der Waals surface area contributed by atoms with Gasteiger partial charge in [0, 0.05) is 12.5 Å². The van der Waals surface area contributed by atoms with Crippen molar-refractivity contribution in [2.45, 2.75) is 38.5 Å². The van der Waals surface area contributed by atoms with Gasteiger partial charge in [0.25, 0.3) is 0 Å². The third-order valence-corrected chi connectivity index (χ3v) is 3.75. The Hall–Kier alpha value is -3.12. The van der Waals surface area contributed by atoms with Gasteiger partial charge >= 0.3 is 12.1 Å². The Morgan fingerprint density at radius 2 is 1.93 bits per heavy atom. The number of methoxy groups -OCH3 is 1. The molecule has 0 radical (unpaired) electrons. The van der Waals surface area contributed by atoms with Crippen molar-refractivity contribution in [1.29, 1.82) is 5.26 Å². The van der Waals surface area contributed by atoms with Crippen LogP contribution in [0, 0.1) is 17.2 Å². The van der Waals surface area contributed by atoms with Crippen LogP contribution in [0.4, 0.5) is 4.79 Å². The molecular weight excluding hydrogens is 366 g/mol. The van der Waals surface area contributed by atoms with E-state index in [4.69, 9.17) is 10.00 Å². The van der Waals surface area contributed by atoms with Gasteiger partial charge in [0.1, 0.15) is 12.6 Å². The van der Waals surface area contributed by atoms with Gasteiger partial charge in [0.05, 0.1) is 25.7 Å². The monoisotopic (exact) mass is 391 g/mol. The first-order chi connectivity index (χ1) is 13.3. The molecule has 0 saturated heterocycles. The maximum atomic E-state index is 12.0. The Morgan fingerprint density at radius 1 is 1.25 bits per heavy atom. The highest BCUT2D eigenvalue weighted by Crippen LogP contribution is 2.07. The number of alkyl carbamates (subject to hydrolysis) is 1. The van der Waals surface area contributed by atoms with E-state index in [0.717, 1.165) is 5.56 Å². The van der Waals surface area contributed by atoms with Crippen LogP contribution in [0.2, 0.25) is 0 Å². The molecule has 0 aliphatic heterocycles. The molecule has 9 heteroatoms. The molecule has 3 N–H and O–H groups in total. The van der Waals surface area contributed by atoms with Gasteiger partial charge in [-0.1, -0.05) is 30.3 Å². The van der Waals surface area contributed by atoms with Crippen molar-refractivity contribution in [1.82, 2.24) is 10.6 Å². The molecule has 0 fully saturated rings. The van der Waals surface area contributed by atoms with Crippen molar-refractivity contribution >= 4 is 18.0 Å². The number of carbonyl (C=O) groups excluding carboxylic acids is 3. The Kier molecular flexibility index (Phi) is 10.1. The Morgan fingerprint density at radius 3 is 2.54 bits per heavy atom. The summed E-state index contributed by atoms with van der Waals surface area (Å²) in [4.78, 5) is 35.3. The van der Waals surface area contributed by atoms with E-state index in [9.17, 15) is 19.5 Å². The van der Waals surface area contributed by atoms with Gasteiger partial charge in [-0.2, -0.15) is 5.26 Å². The van der Waals surface area contributed by atoms with Gasteiger partial charge in [0.15, 0.2) is 0 Å². The lowest BCUT2D eigenvalue weighted by Gasteiger charge is -2.18. The molecule has 0 aliphatic rings. The van der Waals surface area contributed by atoms with Crippen LogP contribution in [0.5, 0.6) is 0 Å². The molecule has 1 rings (SSSR count). The van der Waals surface area contributed by atoms with Gasteiger partial charge in [-0.25, -0.2) is 9.59 Å². The second kappa shape index (κ2) is 12.3. The molecule has 1 aromatic rings. The van der Waals surface area contributed by atoms with Gasteiger partial charge in [-0.05, 0) is 18.9 Å².